The zero-order valence-corrected chi connectivity index (χ0v) is 13.8. The van der Waals surface area contributed by atoms with Gasteiger partial charge in [-0.3, -0.25) is 4.55 Å². The van der Waals surface area contributed by atoms with E-state index in [2.05, 4.69) is 4.74 Å². The van der Waals surface area contributed by atoms with Crippen LogP contribution in [0.5, 0.6) is 11.5 Å². The molecule has 1 atom stereocenters. The van der Waals surface area contributed by atoms with Crippen molar-refractivity contribution in [3.05, 3.63) is 59.2 Å². The first-order chi connectivity index (χ1) is 11.3. The third-order valence-electron chi connectivity index (χ3n) is 3.45. The smallest absolute Gasteiger partial charge is 0.341 e. The molecule has 0 amide bonds. The fourth-order valence-electron chi connectivity index (χ4n) is 2.46. The van der Waals surface area contributed by atoms with Crippen molar-refractivity contribution in [3.63, 3.8) is 0 Å². The van der Waals surface area contributed by atoms with Gasteiger partial charge in [-0.05, 0) is 12.1 Å². The molecule has 2 N–H and O–H groups in total. The van der Waals surface area contributed by atoms with Crippen LogP contribution in [0.1, 0.15) is 26.7 Å². The van der Waals surface area contributed by atoms with Gasteiger partial charge in [0.25, 0.3) is 10.1 Å². The lowest BCUT2D eigenvalue weighted by Crippen LogP contribution is -2.16. The van der Waals surface area contributed by atoms with Crippen molar-refractivity contribution in [2.45, 2.75) is 5.25 Å². The first-order valence-electron chi connectivity index (χ1n) is 6.80. The normalized spacial score (nSPS) is 12.5. The molecular formula is C16H16O7S. The lowest BCUT2D eigenvalue weighted by Gasteiger charge is -2.20. The van der Waals surface area contributed by atoms with Crippen LogP contribution in [0.25, 0.3) is 0 Å². The van der Waals surface area contributed by atoms with Gasteiger partial charge in [0, 0.05) is 11.1 Å². The molecule has 128 valence electrons. The lowest BCUT2D eigenvalue weighted by atomic mass is 10.00. The molecule has 2 aromatic carbocycles. The second-order valence-corrected chi connectivity index (χ2v) is 6.37. The first kappa shape index (κ1) is 17.8. The molecule has 0 saturated carbocycles. The topological polar surface area (TPSA) is 110 Å². The number of phenols is 1. The Balaban J connectivity index is 2.78. The summed E-state index contributed by atoms with van der Waals surface area (Å²) in [5, 5.41) is 8.36. The molecule has 0 saturated heterocycles. The highest BCUT2D eigenvalue weighted by Gasteiger charge is 2.33. The number of phenolic OH excluding ortho intramolecular Hbond substituents is 1. The van der Waals surface area contributed by atoms with Crippen molar-refractivity contribution in [2.24, 2.45) is 0 Å². The maximum Gasteiger partial charge on any atom is 0.341 e. The van der Waals surface area contributed by atoms with E-state index in [1.54, 1.807) is 0 Å². The van der Waals surface area contributed by atoms with Crippen LogP contribution < -0.4 is 4.74 Å². The van der Waals surface area contributed by atoms with Gasteiger partial charge in [-0.15, -0.1) is 0 Å². The second-order valence-electron chi connectivity index (χ2n) is 4.87. The van der Waals surface area contributed by atoms with Gasteiger partial charge in [-0.2, -0.15) is 8.42 Å². The summed E-state index contributed by atoms with van der Waals surface area (Å²) in [6, 6.07) is 9.91. The van der Waals surface area contributed by atoms with Gasteiger partial charge >= 0.3 is 5.97 Å². The molecule has 1 unspecified atom stereocenters. The number of esters is 1. The van der Waals surface area contributed by atoms with Gasteiger partial charge < -0.3 is 14.6 Å². The highest BCUT2D eigenvalue weighted by atomic mass is 32.2. The Bertz CT molecular complexity index is 858. The highest BCUT2D eigenvalue weighted by molar-refractivity contribution is 7.86. The monoisotopic (exact) mass is 352 g/mol. The summed E-state index contributed by atoms with van der Waals surface area (Å²) in [4.78, 5) is 11.9. The summed E-state index contributed by atoms with van der Waals surface area (Å²) in [7, 11) is -2.23. The molecule has 24 heavy (non-hydrogen) atoms. The molecular weight excluding hydrogens is 336 g/mol. The molecule has 0 aliphatic rings. The Morgan fingerprint density at radius 1 is 1.04 bits per heavy atom. The van der Waals surface area contributed by atoms with Crippen molar-refractivity contribution in [1.82, 2.24) is 0 Å². The number of aromatic hydroxyl groups is 1. The zero-order chi connectivity index (χ0) is 17.9. The Labute approximate surface area is 139 Å². The molecule has 0 aliphatic carbocycles. The van der Waals surface area contributed by atoms with Gasteiger partial charge in [0.1, 0.15) is 22.3 Å². The summed E-state index contributed by atoms with van der Waals surface area (Å²) < 4.78 is 43.5. The number of hydrogen-bond donors (Lipinski definition) is 2. The molecule has 0 bridgehead atoms. The van der Waals surface area contributed by atoms with Gasteiger partial charge in [-0.1, -0.05) is 30.3 Å². The number of hydrogen-bond acceptors (Lipinski definition) is 6. The van der Waals surface area contributed by atoms with Crippen LogP contribution in [-0.2, 0) is 14.9 Å². The molecule has 0 fully saturated rings. The van der Waals surface area contributed by atoms with Crippen molar-refractivity contribution < 1.29 is 32.3 Å². The third kappa shape index (κ3) is 3.34. The summed E-state index contributed by atoms with van der Waals surface area (Å²) in [5.74, 6) is -1.10. The summed E-state index contributed by atoms with van der Waals surface area (Å²) in [6.07, 6.45) is 0. The van der Waals surface area contributed by atoms with E-state index < -0.39 is 21.3 Å². The zero-order valence-electron chi connectivity index (χ0n) is 13.0. The average Bonchev–Trinajstić information content (AvgIpc) is 2.54. The van der Waals surface area contributed by atoms with Crippen LogP contribution in [-0.4, -0.2) is 38.3 Å². The molecule has 2 aromatic rings. The van der Waals surface area contributed by atoms with Crippen molar-refractivity contribution >= 4 is 16.1 Å². The van der Waals surface area contributed by atoms with Crippen LogP contribution in [0, 0.1) is 0 Å². The van der Waals surface area contributed by atoms with E-state index >= 15 is 0 Å². The number of carbonyl (C=O) groups excluding carboxylic acids is 1. The van der Waals surface area contributed by atoms with Crippen LogP contribution in [0.15, 0.2) is 42.5 Å². The van der Waals surface area contributed by atoms with Gasteiger partial charge in [0.15, 0.2) is 0 Å². The molecule has 0 spiro atoms. The van der Waals surface area contributed by atoms with E-state index in [4.69, 9.17) is 4.74 Å². The maximum atomic E-state index is 12.0. The Morgan fingerprint density at radius 3 is 2.21 bits per heavy atom. The standard InChI is InChI=1S/C16H16O7S/c1-22-14-11(7-5-8-12(14)16(18)23-2)15(24(19,20)21)10-6-3-4-9-13(10)17/h3-9,15,17H,1-2H3,(H,19,20,21). The van der Waals surface area contributed by atoms with Gasteiger partial charge in [0.2, 0.25) is 0 Å². The Hall–Kier alpha value is -2.58. The summed E-state index contributed by atoms with van der Waals surface area (Å²) in [6.45, 7) is 0. The number of para-hydroxylation sites is 2. The Kier molecular flexibility index (Phi) is 5.10. The van der Waals surface area contributed by atoms with Crippen LogP contribution in [0.3, 0.4) is 0 Å². The molecule has 0 aromatic heterocycles. The summed E-state index contributed by atoms with van der Waals surface area (Å²) in [5.41, 5.74) is -0.0358. The molecule has 8 heteroatoms. The molecule has 7 nitrogen and oxygen atoms in total. The van der Waals surface area contributed by atoms with Crippen molar-refractivity contribution in [2.75, 3.05) is 14.2 Å². The minimum Gasteiger partial charge on any atom is -0.508 e. The minimum absolute atomic E-state index is 0.00145. The van der Waals surface area contributed by atoms with Crippen molar-refractivity contribution in [1.29, 1.82) is 0 Å². The predicted octanol–water partition coefficient (Wildman–Crippen LogP) is 2.16. The van der Waals surface area contributed by atoms with E-state index in [0.717, 1.165) is 0 Å². The van der Waals surface area contributed by atoms with E-state index in [1.807, 2.05) is 0 Å². The quantitative estimate of drug-likeness (QED) is 0.627. The molecule has 0 radical (unpaired) electrons. The number of carbonyl (C=O) groups is 1. The number of rotatable bonds is 5. The average molecular weight is 352 g/mol. The Morgan fingerprint density at radius 2 is 1.67 bits per heavy atom. The van der Waals surface area contributed by atoms with Crippen LogP contribution >= 0.6 is 0 Å². The van der Waals surface area contributed by atoms with E-state index in [-0.39, 0.29) is 28.2 Å². The van der Waals surface area contributed by atoms with Crippen LogP contribution in [0.4, 0.5) is 0 Å². The minimum atomic E-state index is -4.67. The number of methoxy groups -OCH3 is 2. The fourth-order valence-corrected chi connectivity index (χ4v) is 3.48. The van der Waals surface area contributed by atoms with E-state index in [9.17, 15) is 22.9 Å². The fraction of sp³-hybridized carbons (Fsp3) is 0.188. The highest BCUT2D eigenvalue weighted by Crippen LogP contribution is 2.40. The number of benzene rings is 2. The number of ether oxygens (including phenoxy) is 2. The van der Waals surface area contributed by atoms with E-state index in [0.29, 0.717) is 0 Å². The van der Waals surface area contributed by atoms with Gasteiger partial charge in [-0.25, -0.2) is 4.79 Å². The molecule has 2 rings (SSSR count). The first-order valence-corrected chi connectivity index (χ1v) is 8.31. The maximum absolute atomic E-state index is 12.0. The molecule has 0 aliphatic heterocycles. The third-order valence-corrected chi connectivity index (χ3v) is 4.56. The second kappa shape index (κ2) is 6.90. The largest absolute Gasteiger partial charge is 0.508 e. The predicted molar refractivity (Wildman–Crippen MR) is 85.8 cm³/mol. The SMILES string of the molecule is COC(=O)c1cccc(C(c2ccccc2O)S(=O)(=O)O)c1OC. The molecule has 0 heterocycles. The summed E-state index contributed by atoms with van der Waals surface area (Å²) >= 11 is 0. The van der Waals surface area contributed by atoms with Gasteiger partial charge in [0.05, 0.1) is 14.2 Å². The van der Waals surface area contributed by atoms with E-state index in [1.165, 1.54) is 56.7 Å². The van der Waals surface area contributed by atoms with Crippen LogP contribution in [0.2, 0.25) is 0 Å². The lowest BCUT2D eigenvalue weighted by molar-refractivity contribution is 0.0597. The van der Waals surface area contributed by atoms with Crippen molar-refractivity contribution in [3.8, 4) is 11.5 Å².